The van der Waals surface area contributed by atoms with Gasteiger partial charge < -0.3 is 20.4 Å². The average molecular weight is 392 g/mol. The second-order valence-electron chi connectivity index (χ2n) is 3.29. The van der Waals surface area contributed by atoms with E-state index in [1.807, 2.05) is 0 Å². The van der Waals surface area contributed by atoms with Crippen molar-refractivity contribution in [3.05, 3.63) is 12.2 Å². The largest absolute Gasteiger partial charge is 0.481 e. The number of hydrogen-bond donors (Lipinski definition) is 4. The second kappa shape index (κ2) is 10.5. The van der Waals surface area contributed by atoms with Crippen LogP contribution in [0.15, 0.2) is 12.2 Å². The number of aliphatic hydroxyl groups is 2. The number of aliphatic hydroxyl groups excluding tert-OH is 2. The minimum atomic E-state index is -0.833. The van der Waals surface area contributed by atoms with Crippen LogP contribution in [0.2, 0.25) is 0 Å². The van der Waals surface area contributed by atoms with Gasteiger partial charge in [-0.05, 0) is 0 Å². The molecular weight excluding hydrogens is 376 g/mol. The monoisotopic (exact) mass is 390 g/mol. The van der Waals surface area contributed by atoms with Gasteiger partial charge in [0, 0.05) is 13.8 Å². The van der Waals surface area contributed by atoms with Gasteiger partial charge in [-0.25, -0.2) is 0 Å². The fraction of sp³-hybridized carbons (Fsp3) is 0.600. The van der Waals surface area contributed by atoms with Gasteiger partial charge in [-0.1, -0.05) is 44.0 Å². The van der Waals surface area contributed by atoms with Crippen LogP contribution in [0.25, 0.3) is 0 Å². The van der Waals surface area contributed by atoms with Crippen LogP contribution in [-0.4, -0.2) is 54.2 Å². The third kappa shape index (κ3) is 12.0. The number of rotatable bonds is 0. The lowest BCUT2D eigenvalue weighted by atomic mass is 10.0. The average Bonchev–Trinajstić information content (AvgIpc) is 2.19. The molecule has 0 heterocycles. The Labute approximate surface area is 122 Å². The van der Waals surface area contributed by atoms with Crippen molar-refractivity contribution in [2.75, 3.05) is 0 Å². The summed E-state index contributed by atoms with van der Waals surface area (Å²) in [4.78, 5) is 17.8. The van der Waals surface area contributed by atoms with Gasteiger partial charge in [0.05, 0.1) is 21.9 Å². The highest BCUT2D eigenvalue weighted by Gasteiger charge is 2.30. The predicted octanol–water partition coefficient (Wildman–Crippen LogP) is 0.987. The first-order chi connectivity index (χ1) is 8.09. The fourth-order valence-corrected chi connectivity index (χ4v) is 1.79. The van der Waals surface area contributed by atoms with Crippen molar-refractivity contribution >= 4 is 43.8 Å². The molecule has 18 heavy (non-hydrogen) atoms. The first kappa shape index (κ1) is 19.9. The summed E-state index contributed by atoms with van der Waals surface area (Å²) in [5, 5.41) is 33.2. The molecule has 0 aromatic rings. The molecule has 0 fully saturated rings. The molecule has 4 unspecified atom stereocenters. The quantitative estimate of drug-likeness (QED) is 0.361. The van der Waals surface area contributed by atoms with Gasteiger partial charge in [-0.15, -0.1) is 0 Å². The Kier molecular flexibility index (Phi) is 11.6. The molecule has 1 aliphatic rings. The summed E-state index contributed by atoms with van der Waals surface area (Å²) in [6.45, 7) is 2.17. The number of carbonyl (C=O) groups is 2. The molecular formula is C10H16Br2O6. The molecule has 0 aliphatic heterocycles. The van der Waals surface area contributed by atoms with Crippen molar-refractivity contribution in [1.82, 2.24) is 0 Å². The standard InChI is InChI=1S/C6H8Br2O2.2C2H4O2/c7-5-3(9)1-2-4(10)6(5)8;2*1-2(3)4/h1-6,9-10H;2*1H3,(H,3,4). The summed E-state index contributed by atoms with van der Waals surface area (Å²) >= 11 is 6.50. The zero-order valence-corrected chi connectivity index (χ0v) is 13.0. The number of carboxylic acids is 2. The van der Waals surface area contributed by atoms with Crippen LogP contribution in [0.5, 0.6) is 0 Å². The van der Waals surface area contributed by atoms with Gasteiger partial charge in [0.25, 0.3) is 11.9 Å². The van der Waals surface area contributed by atoms with Crippen LogP contribution >= 0.6 is 31.9 Å². The van der Waals surface area contributed by atoms with E-state index in [-0.39, 0.29) is 9.65 Å². The van der Waals surface area contributed by atoms with Gasteiger partial charge in [0.1, 0.15) is 0 Å². The van der Waals surface area contributed by atoms with Crippen molar-refractivity contribution in [2.24, 2.45) is 0 Å². The van der Waals surface area contributed by atoms with Crippen LogP contribution in [0.3, 0.4) is 0 Å². The smallest absolute Gasteiger partial charge is 0.300 e. The Hall–Kier alpha value is -0.440. The third-order valence-electron chi connectivity index (χ3n) is 1.46. The molecule has 4 N–H and O–H groups in total. The second-order valence-corrected chi connectivity index (χ2v) is 5.41. The summed E-state index contributed by atoms with van der Waals surface area (Å²) in [5.74, 6) is -1.67. The summed E-state index contributed by atoms with van der Waals surface area (Å²) in [7, 11) is 0. The lowest BCUT2D eigenvalue weighted by molar-refractivity contribution is -0.135. The molecule has 8 heteroatoms. The van der Waals surface area contributed by atoms with Crippen LogP contribution in [-0.2, 0) is 9.59 Å². The van der Waals surface area contributed by atoms with E-state index in [1.165, 1.54) is 0 Å². The summed E-state index contributed by atoms with van der Waals surface area (Å²) < 4.78 is 0. The lowest BCUT2D eigenvalue weighted by Crippen LogP contribution is -2.38. The minimum absolute atomic E-state index is 0.104. The van der Waals surface area contributed by atoms with E-state index in [2.05, 4.69) is 31.9 Å². The highest BCUT2D eigenvalue weighted by atomic mass is 79.9. The van der Waals surface area contributed by atoms with Gasteiger partial charge in [-0.3, -0.25) is 9.59 Å². The maximum atomic E-state index is 9.19. The molecule has 0 spiro atoms. The summed E-state index contributed by atoms with van der Waals surface area (Å²) in [5.41, 5.74) is 0. The first-order valence-electron chi connectivity index (χ1n) is 4.81. The molecule has 0 radical (unpaired) electrons. The van der Waals surface area contributed by atoms with Gasteiger partial charge in [0.15, 0.2) is 0 Å². The van der Waals surface area contributed by atoms with Crippen molar-refractivity contribution in [1.29, 1.82) is 0 Å². The van der Waals surface area contributed by atoms with Gasteiger partial charge >= 0.3 is 0 Å². The van der Waals surface area contributed by atoms with Crippen molar-refractivity contribution in [3.8, 4) is 0 Å². The van der Waals surface area contributed by atoms with E-state index >= 15 is 0 Å². The van der Waals surface area contributed by atoms with E-state index in [0.29, 0.717) is 0 Å². The Morgan fingerprint density at radius 2 is 1.06 bits per heavy atom. The minimum Gasteiger partial charge on any atom is -0.481 e. The summed E-state index contributed by atoms with van der Waals surface area (Å²) in [6, 6.07) is 0. The van der Waals surface area contributed by atoms with E-state index in [0.717, 1.165) is 13.8 Å². The topological polar surface area (TPSA) is 115 Å². The molecule has 0 aromatic carbocycles. The first-order valence-corrected chi connectivity index (χ1v) is 6.64. The maximum absolute atomic E-state index is 9.19. The molecule has 0 saturated heterocycles. The molecule has 106 valence electrons. The zero-order chi connectivity index (χ0) is 14.9. The van der Waals surface area contributed by atoms with Crippen LogP contribution in [0.4, 0.5) is 0 Å². The Morgan fingerprint density at radius 1 is 0.889 bits per heavy atom. The number of carboxylic acid groups (broad SMARTS) is 2. The third-order valence-corrected chi connectivity index (χ3v) is 4.39. The molecule has 0 aromatic heterocycles. The van der Waals surface area contributed by atoms with E-state index in [4.69, 9.17) is 19.8 Å². The molecule has 0 saturated carbocycles. The van der Waals surface area contributed by atoms with E-state index < -0.39 is 24.1 Å². The molecule has 0 bridgehead atoms. The normalized spacial score (nSPS) is 29.2. The Morgan fingerprint density at radius 3 is 1.22 bits per heavy atom. The Balaban J connectivity index is 0. The highest BCUT2D eigenvalue weighted by Crippen LogP contribution is 2.26. The number of aliphatic carboxylic acids is 2. The number of hydrogen-bond acceptors (Lipinski definition) is 4. The molecule has 0 amide bonds. The van der Waals surface area contributed by atoms with Crippen LogP contribution in [0, 0.1) is 0 Å². The number of halogens is 2. The molecule has 4 atom stereocenters. The molecule has 6 nitrogen and oxygen atoms in total. The van der Waals surface area contributed by atoms with Gasteiger partial charge in [-0.2, -0.15) is 0 Å². The lowest BCUT2D eigenvalue weighted by Gasteiger charge is -2.26. The summed E-state index contributed by atoms with van der Waals surface area (Å²) in [6.07, 6.45) is 2.16. The zero-order valence-electron chi connectivity index (χ0n) is 9.83. The van der Waals surface area contributed by atoms with E-state index in [9.17, 15) is 10.2 Å². The van der Waals surface area contributed by atoms with E-state index in [1.54, 1.807) is 12.2 Å². The van der Waals surface area contributed by atoms with Gasteiger partial charge in [0.2, 0.25) is 0 Å². The Bertz CT molecular complexity index is 258. The predicted molar refractivity (Wildman–Crippen MR) is 73.2 cm³/mol. The van der Waals surface area contributed by atoms with Crippen LogP contribution < -0.4 is 0 Å². The molecule has 1 rings (SSSR count). The van der Waals surface area contributed by atoms with Crippen molar-refractivity contribution < 1.29 is 30.0 Å². The highest BCUT2D eigenvalue weighted by molar-refractivity contribution is 9.12. The van der Waals surface area contributed by atoms with Crippen molar-refractivity contribution in [2.45, 2.75) is 35.7 Å². The van der Waals surface area contributed by atoms with Crippen LogP contribution in [0.1, 0.15) is 13.8 Å². The maximum Gasteiger partial charge on any atom is 0.300 e. The number of alkyl halides is 2. The fourth-order valence-electron chi connectivity index (χ4n) is 0.817. The molecule has 1 aliphatic carbocycles. The van der Waals surface area contributed by atoms with Crippen molar-refractivity contribution in [3.63, 3.8) is 0 Å². The SMILES string of the molecule is CC(=O)O.CC(=O)O.OC1C=CC(O)C(Br)C1Br.